The second kappa shape index (κ2) is 10.4. The maximum atomic E-state index is 12.6. The summed E-state index contributed by atoms with van der Waals surface area (Å²) in [6.07, 6.45) is 0. The molecule has 6 heteroatoms. The quantitative estimate of drug-likeness (QED) is 0.705. The van der Waals surface area contributed by atoms with Gasteiger partial charge in [0.15, 0.2) is 0 Å². The number of halogens is 1. The smallest absolute Gasteiger partial charge is 0.242 e. The monoisotopic (exact) mass is 367 g/mol. The molecule has 140 valence electrons. The Morgan fingerprint density at radius 2 is 1.76 bits per heavy atom. The van der Waals surface area contributed by atoms with Crippen LogP contribution < -0.4 is 10.6 Å². The molecule has 2 amide bonds. The molecule has 0 saturated carbocycles. The van der Waals surface area contributed by atoms with Crippen LogP contribution >= 0.6 is 11.6 Å². The van der Waals surface area contributed by atoms with Crippen LogP contribution in [0.4, 0.5) is 0 Å². The van der Waals surface area contributed by atoms with Gasteiger partial charge in [0.05, 0.1) is 6.04 Å². The molecule has 25 heavy (non-hydrogen) atoms. The van der Waals surface area contributed by atoms with E-state index in [-0.39, 0.29) is 23.8 Å². The summed E-state index contributed by atoms with van der Waals surface area (Å²) in [5.41, 5.74) is 0.994. The molecule has 0 aliphatic heterocycles. The summed E-state index contributed by atoms with van der Waals surface area (Å²) in [6.45, 7) is 11.6. The van der Waals surface area contributed by atoms with Gasteiger partial charge in [-0.2, -0.15) is 0 Å². The summed E-state index contributed by atoms with van der Waals surface area (Å²) in [5.74, 6) is -0.370. The van der Waals surface area contributed by atoms with Crippen molar-refractivity contribution < 1.29 is 9.59 Å². The number of hydrogen-bond donors (Lipinski definition) is 2. The van der Waals surface area contributed by atoms with Crippen molar-refractivity contribution in [1.82, 2.24) is 15.5 Å². The Balaban J connectivity index is 2.93. The molecule has 2 unspecified atom stereocenters. The van der Waals surface area contributed by atoms with E-state index in [9.17, 15) is 9.59 Å². The number of nitrogens with zero attached hydrogens (tertiary/aromatic N) is 1. The first kappa shape index (κ1) is 21.5. The Bertz CT molecular complexity index is 574. The Kier molecular flexibility index (Phi) is 8.93. The molecular formula is C19H30ClN3O2. The lowest BCUT2D eigenvalue weighted by atomic mass is 10.0. The average molecular weight is 368 g/mol. The number of likely N-dealkylation sites (N-methyl/N-ethyl adjacent to an activating group) is 1. The highest BCUT2D eigenvalue weighted by molar-refractivity contribution is 6.31. The molecule has 0 spiro atoms. The molecule has 1 rings (SSSR count). The first-order valence-corrected chi connectivity index (χ1v) is 9.22. The van der Waals surface area contributed by atoms with Crippen molar-refractivity contribution >= 4 is 23.4 Å². The summed E-state index contributed by atoms with van der Waals surface area (Å²) in [7, 11) is 0. The van der Waals surface area contributed by atoms with Gasteiger partial charge in [-0.05, 0) is 30.6 Å². The fourth-order valence-electron chi connectivity index (χ4n) is 2.91. The standard InChI is InChI=1S/C19H30ClN3O2/c1-6-23(7-2)17(15-10-8-9-11-16(15)20)12-21-19(25)18(13(3)4)22-14(5)24/h8-11,13,17-18H,6-7,12H2,1-5H3,(H,21,25)(H,22,24). The first-order valence-electron chi connectivity index (χ1n) is 8.85. The fourth-order valence-corrected chi connectivity index (χ4v) is 3.17. The van der Waals surface area contributed by atoms with E-state index in [2.05, 4.69) is 29.4 Å². The van der Waals surface area contributed by atoms with Gasteiger partial charge in [-0.1, -0.05) is 57.5 Å². The van der Waals surface area contributed by atoms with Gasteiger partial charge in [-0.25, -0.2) is 0 Å². The maximum Gasteiger partial charge on any atom is 0.242 e. The predicted octanol–water partition coefficient (Wildman–Crippen LogP) is 3.00. The minimum atomic E-state index is -0.541. The lowest BCUT2D eigenvalue weighted by molar-refractivity contribution is -0.129. The van der Waals surface area contributed by atoms with Crippen LogP contribution in [0.15, 0.2) is 24.3 Å². The molecule has 0 aliphatic carbocycles. The Labute approximate surface area is 156 Å². The molecule has 0 heterocycles. The van der Waals surface area contributed by atoms with Gasteiger partial charge < -0.3 is 10.6 Å². The normalized spacial score (nSPS) is 13.6. The molecule has 0 radical (unpaired) electrons. The van der Waals surface area contributed by atoms with Crippen LogP contribution in [-0.2, 0) is 9.59 Å². The predicted molar refractivity (Wildman–Crippen MR) is 103 cm³/mol. The van der Waals surface area contributed by atoms with E-state index in [1.54, 1.807) is 0 Å². The Morgan fingerprint density at radius 3 is 2.24 bits per heavy atom. The van der Waals surface area contributed by atoms with Crippen molar-refractivity contribution in [2.45, 2.75) is 46.7 Å². The zero-order valence-corrected chi connectivity index (χ0v) is 16.6. The van der Waals surface area contributed by atoms with Crippen LogP contribution in [0.1, 0.15) is 46.2 Å². The molecular weight excluding hydrogens is 338 g/mol. The van der Waals surface area contributed by atoms with Gasteiger partial charge in [0.1, 0.15) is 6.04 Å². The topological polar surface area (TPSA) is 61.4 Å². The molecule has 0 aromatic heterocycles. The minimum Gasteiger partial charge on any atom is -0.352 e. The van der Waals surface area contributed by atoms with Gasteiger partial charge in [0.2, 0.25) is 11.8 Å². The first-order chi connectivity index (χ1) is 11.8. The third kappa shape index (κ3) is 6.33. The lowest BCUT2D eigenvalue weighted by Crippen LogP contribution is -2.50. The van der Waals surface area contributed by atoms with Gasteiger partial charge in [-0.15, -0.1) is 0 Å². The molecule has 1 aromatic carbocycles. The molecule has 1 aromatic rings. The summed E-state index contributed by atoms with van der Waals surface area (Å²) in [5, 5.41) is 6.40. The number of nitrogens with one attached hydrogen (secondary N) is 2. The van der Waals surface area contributed by atoms with Gasteiger partial charge >= 0.3 is 0 Å². The molecule has 0 fully saturated rings. The van der Waals surface area contributed by atoms with Crippen molar-refractivity contribution in [1.29, 1.82) is 0 Å². The summed E-state index contributed by atoms with van der Waals surface area (Å²) < 4.78 is 0. The number of carbonyl (C=O) groups excluding carboxylic acids is 2. The van der Waals surface area contributed by atoms with Crippen LogP contribution in [0.5, 0.6) is 0 Å². The Hall–Kier alpha value is -1.59. The minimum absolute atomic E-state index is 0.0103. The number of rotatable bonds is 9. The summed E-state index contributed by atoms with van der Waals surface area (Å²) in [6, 6.07) is 7.15. The van der Waals surface area contributed by atoms with E-state index in [1.165, 1.54) is 6.92 Å². The van der Waals surface area contributed by atoms with Crippen LogP contribution in [0.3, 0.4) is 0 Å². The highest BCUT2D eigenvalue weighted by atomic mass is 35.5. The highest BCUT2D eigenvalue weighted by Gasteiger charge is 2.26. The van der Waals surface area contributed by atoms with E-state index in [4.69, 9.17) is 11.6 Å². The molecule has 2 N–H and O–H groups in total. The average Bonchev–Trinajstić information content (AvgIpc) is 2.56. The second-order valence-electron chi connectivity index (χ2n) is 6.43. The van der Waals surface area contributed by atoms with Crippen molar-refractivity contribution in [3.8, 4) is 0 Å². The molecule has 0 aliphatic rings. The van der Waals surface area contributed by atoms with E-state index in [1.807, 2.05) is 38.1 Å². The fraction of sp³-hybridized carbons (Fsp3) is 0.579. The van der Waals surface area contributed by atoms with Crippen molar-refractivity contribution in [2.24, 2.45) is 5.92 Å². The Morgan fingerprint density at radius 1 is 1.16 bits per heavy atom. The summed E-state index contributed by atoms with van der Waals surface area (Å²) >= 11 is 6.38. The van der Waals surface area contributed by atoms with Crippen molar-refractivity contribution in [3.05, 3.63) is 34.9 Å². The van der Waals surface area contributed by atoms with Gasteiger partial charge in [0, 0.05) is 18.5 Å². The number of amides is 2. The third-order valence-electron chi connectivity index (χ3n) is 4.29. The largest absolute Gasteiger partial charge is 0.352 e. The summed E-state index contributed by atoms with van der Waals surface area (Å²) in [4.78, 5) is 26.2. The number of hydrogen-bond acceptors (Lipinski definition) is 3. The number of carbonyl (C=O) groups is 2. The van der Waals surface area contributed by atoms with Gasteiger partial charge in [0.25, 0.3) is 0 Å². The van der Waals surface area contributed by atoms with Crippen LogP contribution in [0.2, 0.25) is 5.02 Å². The molecule has 0 saturated heterocycles. The SMILES string of the molecule is CCN(CC)C(CNC(=O)C(NC(C)=O)C(C)C)c1ccccc1Cl. The zero-order valence-electron chi connectivity index (χ0n) is 15.8. The van der Waals surface area contributed by atoms with E-state index >= 15 is 0 Å². The van der Waals surface area contributed by atoms with Gasteiger partial charge in [-0.3, -0.25) is 14.5 Å². The lowest BCUT2D eigenvalue weighted by Gasteiger charge is -2.31. The number of benzene rings is 1. The van der Waals surface area contributed by atoms with Crippen LogP contribution in [0.25, 0.3) is 0 Å². The zero-order chi connectivity index (χ0) is 19.0. The van der Waals surface area contributed by atoms with Crippen molar-refractivity contribution in [3.63, 3.8) is 0 Å². The second-order valence-corrected chi connectivity index (χ2v) is 6.83. The van der Waals surface area contributed by atoms with E-state index in [0.717, 1.165) is 18.7 Å². The van der Waals surface area contributed by atoms with E-state index < -0.39 is 6.04 Å². The maximum absolute atomic E-state index is 12.6. The van der Waals surface area contributed by atoms with Crippen LogP contribution in [0, 0.1) is 5.92 Å². The molecule has 5 nitrogen and oxygen atoms in total. The molecule has 0 bridgehead atoms. The molecule has 2 atom stereocenters. The highest BCUT2D eigenvalue weighted by Crippen LogP contribution is 2.27. The van der Waals surface area contributed by atoms with E-state index in [0.29, 0.717) is 11.6 Å². The third-order valence-corrected chi connectivity index (χ3v) is 4.64. The van der Waals surface area contributed by atoms with Crippen molar-refractivity contribution in [2.75, 3.05) is 19.6 Å². The van der Waals surface area contributed by atoms with Crippen LogP contribution in [-0.4, -0.2) is 42.4 Å².